The number of nitro groups is 1. The molecule has 0 saturated heterocycles. The number of halogens is 1. The van der Waals surface area contributed by atoms with E-state index in [1.807, 2.05) is 28.7 Å². The van der Waals surface area contributed by atoms with Crippen LogP contribution in [0.25, 0.3) is 0 Å². The molecule has 0 atom stereocenters. The minimum atomic E-state index is -0.600. The second-order valence-electron chi connectivity index (χ2n) is 3.31. The number of hydrogen-bond acceptors (Lipinski definition) is 5. The molecule has 0 amide bonds. The van der Waals surface area contributed by atoms with E-state index in [0.29, 0.717) is 3.57 Å². The van der Waals surface area contributed by atoms with Crippen molar-refractivity contribution in [2.75, 3.05) is 6.61 Å². The summed E-state index contributed by atoms with van der Waals surface area (Å²) in [5.74, 6) is -0.525. The van der Waals surface area contributed by atoms with Gasteiger partial charge in [-0.2, -0.15) is 5.26 Å². The molecule has 0 N–H and O–H groups in total. The molecule has 1 rings (SSSR count). The largest absolute Gasteiger partial charge is 0.466 e. The molecule has 0 aliphatic carbocycles. The van der Waals surface area contributed by atoms with Gasteiger partial charge < -0.3 is 4.74 Å². The molecule has 1 aromatic rings. The summed E-state index contributed by atoms with van der Waals surface area (Å²) in [6, 6.07) is 4.51. The molecule has 94 valence electrons. The molecule has 0 bridgehead atoms. The van der Waals surface area contributed by atoms with Crippen molar-refractivity contribution >= 4 is 34.2 Å². The third kappa shape index (κ3) is 3.40. The summed E-state index contributed by atoms with van der Waals surface area (Å²) in [5.41, 5.74) is 0.239. The Morgan fingerprint density at radius 1 is 1.61 bits per heavy atom. The van der Waals surface area contributed by atoms with Crippen LogP contribution < -0.4 is 0 Å². The molecule has 0 fully saturated rings. The van der Waals surface area contributed by atoms with E-state index in [4.69, 9.17) is 10.00 Å². The van der Waals surface area contributed by atoms with Crippen LogP contribution in [-0.4, -0.2) is 17.5 Å². The quantitative estimate of drug-likeness (QED) is 0.355. The molecule has 1 aromatic carbocycles. The van der Waals surface area contributed by atoms with E-state index in [1.165, 1.54) is 6.07 Å². The fourth-order valence-corrected chi connectivity index (χ4v) is 2.18. The van der Waals surface area contributed by atoms with Crippen LogP contribution in [0.4, 0.5) is 5.69 Å². The van der Waals surface area contributed by atoms with Crippen LogP contribution in [0.5, 0.6) is 0 Å². The van der Waals surface area contributed by atoms with Gasteiger partial charge in [0.1, 0.15) is 0 Å². The van der Waals surface area contributed by atoms with Crippen LogP contribution in [0, 0.1) is 25.0 Å². The third-order valence-electron chi connectivity index (χ3n) is 2.12. The zero-order valence-corrected chi connectivity index (χ0v) is 11.6. The molecular formula is C11H9IN2O4. The lowest BCUT2D eigenvalue weighted by atomic mass is 10.1. The van der Waals surface area contributed by atoms with Gasteiger partial charge in [-0.05, 0) is 35.6 Å². The van der Waals surface area contributed by atoms with Crippen molar-refractivity contribution in [3.05, 3.63) is 36.9 Å². The third-order valence-corrected chi connectivity index (χ3v) is 3.09. The fourth-order valence-electron chi connectivity index (χ4n) is 1.38. The highest BCUT2D eigenvalue weighted by Gasteiger charge is 2.21. The topological polar surface area (TPSA) is 93.2 Å². The molecule has 0 aliphatic heterocycles. The molecule has 0 spiro atoms. The number of nitriles is 1. The van der Waals surface area contributed by atoms with Crippen LogP contribution in [-0.2, 0) is 16.0 Å². The van der Waals surface area contributed by atoms with Gasteiger partial charge in [0.25, 0.3) is 5.69 Å². The monoisotopic (exact) mass is 360 g/mol. The summed E-state index contributed by atoms with van der Waals surface area (Å²) in [5, 5.41) is 19.7. The summed E-state index contributed by atoms with van der Waals surface area (Å²) < 4.78 is 5.27. The molecule has 0 aliphatic rings. The molecule has 0 radical (unpaired) electrons. The predicted molar refractivity (Wildman–Crippen MR) is 70.9 cm³/mol. The second-order valence-corrected chi connectivity index (χ2v) is 4.47. The first-order valence-corrected chi connectivity index (χ1v) is 6.10. The van der Waals surface area contributed by atoms with E-state index >= 15 is 0 Å². The van der Waals surface area contributed by atoms with Gasteiger partial charge in [0.05, 0.1) is 35.1 Å². The lowest BCUT2D eigenvalue weighted by Gasteiger charge is -2.06. The summed E-state index contributed by atoms with van der Waals surface area (Å²) in [6.07, 6.45) is -0.172. The first kappa shape index (κ1) is 14.4. The van der Waals surface area contributed by atoms with Crippen molar-refractivity contribution in [2.45, 2.75) is 13.3 Å². The van der Waals surface area contributed by atoms with Crippen molar-refractivity contribution in [3.8, 4) is 6.07 Å². The smallest absolute Gasteiger partial charge is 0.310 e. The molecule has 0 saturated carbocycles. The van der Waals surface area contributed by atoms with Gasteiger partial charge in [-0.15, -0.1) is 0 Å². The van der Waals surface area contributed by atoms with Gasteiger partial charge in [0.15, 0.2) is 0 Å². The highest BCUT2D eigenvalue weighted by molar-refractivity contribution is 14.1. The zero-order valence-electron chi connectivity index (χ0n) is 9.47. The Hall–Kier alpha value is -1.69. The van der Waals surface area contributed by atoms with Crippen LogP contribution in [0.15, 0.2) is 12.1 Å². The lowest BCUT2D eigenvalue weighted by molar-refractivity contribution is -0.385. The number of benzene rings is 1. The summed E-state index contributed by atoms with van der Waals surface area (Å²) in [6.45, 7) is 1.88. The Morgan fingerprint density at radius 2 is 2.28 bits per heavy atom. The first-order valence-electron chi connectivity index (χ1n) is 5.02. The number of nitro benzene ring substituents is 1. The number of esters is 1. The molecule has 7 heteroatoms. The van der Waals surface area contributed by atoms with E-state index in [-0.39, 0.29) is 29.8 Å². The van der Waals surface area contributed by atoms with Gasteiger partial charge in [-0.25, -0.2) is 0 Å². The van der Waals surface area contributed by atoms with E-state index in [2.05, 4.69) is 0 Å². The zero-order chi connectivity index (χ0) is 13.7. The Morgan fingerprint density at radius 3 is 2.78 bits per heavy atom. The standard InChI is InChI=1S/C11H9IN2O4/c1-2-18-11(15)5-8-9(12)3-7(6-13)4-10(8)14(16)17/h3-4H,2,5H2,1H3. The molecule has 0 heterocycles. The second kappa shape index (κ2) is 6.30. The molecule has 18 heavy (non-hydrogen) atoms. The lowest BCUT2D eigenvalue weighted by Crippen LogP contribution is -2.10. The van der Waals surface area contributed by atoms with Gasteiger partial charge >= 0.3 is 5.97 Å². The van der Waals surface area contributed by atoms with E-state index in [0.717, 1.165) is 6.07 Å². The van der Waals surface area contributed by atoms with Crippen LogP contribution in [0.2, 0.25) is 0 Å². The van der Waals surface area contributed by atoms with E-state index in [1.54, 1.807) is 6.92 Å². The van der Waals surface area contributed by atoms with Crippen molar-refractivity contribution in [1.29, 1.82) is 5.26 Å². The fraction of sp³-hybridized carbons (Fsp3) is 0.273. The maximum absolute atomic E-state index is 11.4. The van der Waals surface area contributed by atoms with Gasteiger partial charge in [0, 0.05) is 9.64 Å². The van der Waals surface area contributed by atoms with Crippen molar-refractivity contribution in [1.82, 2.24) is 0 Å². The summed E-state index contributed by atoms with van der Waals surface area (Å²) in [7, 11) is 0. The Kier molecular flexibility index (Phi) is 5.03. The molecule has 0 aromatic heterocycles. The van der Waals surface area contributed by atoms with Crippen LogP contribution in [0.1, 0.15) is 18.1 Å². The Labute approximate surface area is 117 Å². The van der Waals surface area contributed by atoms with Crippen LogP contribution >= 0.6 is 22.6 Å². The summed E-state index contributed by atoms with van der Waals surface area (Å²) in [4.78, 5) is 21.7. The highest BCUT2D eigenvalue weighted by atomic mass is 127. The van der Waals surface area contributed by atoms with Crippen molar-refractivity contribution in [3.63, 3.8) is 0 Å². The van der Waals surface area contributed by atoms with E-state index < -0.39 is 10.9 Å². The maximum Gasteiger partial charge on any atom is 0.310 e. The normalized spacial score (nSPS) is 9.61. The highest BCUT2D eigenvalue weighted by Crippen LogP contribution is 2.26. The minimum absolute atomic E-state index is 0.172. The van der Waals surface area contributed by atoms with Gasteiger partial charge in [-0.3, -0.25) is 14.9 Å². The predicted octanol–water partition coefficient (Wildman–Crippen LogP) is 2.18. The minimum Gasteiger partial charge on any atom is -0.466 e. The number of rotatable bonds is 4. The number of ether oxygens (including phenoxy) is 1. The van der Waals surface area contributed by atoms with Gasteiger partial charge in [-0.1, -0.05) is 0 Å². The van der Waals surface area contributed by atoms with Crippen LogP contribution in [0.3, 0.4) is 0 Å². The van der Waals surface area contributed by atoms with Gasteiger partial charge in [0.2, 0.25) is 0 Å². The number of nitrogens with zero attached hydrogens (tertiary/aromatic N) is 2. The molecule has 6 nitrogen and oxygen atoms in total. The SMILES string of the molecule is CCOC(=O)Cc1c(I)cc(C#N)cc1[N+](=O)[O-]. The molecular weight excluding hydrogens is 351 g/mol. The summed E-state index contributed by atoms with van der Waals surface area (Å²) >= 11 is 1.87. The van der Waals surface area contributed by atoms with E-state index in [9.17, 15) is 14.9 Å². The number of hydrogen-bond donors (Lipinski definition) is 0. The average molecular weight is 360 g/mol. The Bertz CT molecular complexity index is 537. The van der Waals surface area contributed by atoms with Crippen molar-refractivity contribution in [2.24, 2.45) is 0 Å². The average Bonchev–Trinajstić information content (AvgIpc) is 2.31. The molecule has 0 unspecified atom stereocenters. The number of carbonyl (C=O) groups excluding carboxylic acids is 1. The number of carbonyl (C=O) groups is 1. The maximum atomic E-state index is 11.4. The Balaban J connectivity index is 3.21. The first-order chi connectivity index (χ1) is 8.49. The van der Waals surface area contributed by atoms with Crippen molar-refractivity contribution < 1.29 is 14.5 Å².